The molecular weight excluding hydrogens is 220 g/mol. The standard InChI is InChI=1S/C11H16N4O2/c1-3-9-11(17)15(7-10(16)13-9)8-5-12-14(4-2)6-8/h5-6,9H,3-4,7H2,1-2H3,(H,13,16). The van der Waals surface area contributed by atoms with Crippen LogP contribution >= 0.6 is 0 Å². The Morgan fingerprint density at radius 3 is 2.82 bits per heavy atom. The SMILES string of the molecule is CCC1NC(=O)CN(c2cnn(CC)c2)C1=O. The number of carbonyl (C=O) groups is 2. The fourth-order valence-electron chi connectivity index (χ4n) is 1.87. The first-order valence-electron chi connectivity index (χ1n) is 5.79. The summed E-state index contributed by atoms with van der Waals surface area (Å²) < 4.78 is 1.73. The molecule has 2 heterocycles. The van der Waals surface area contributed by atoms with E-state index in [0.717, 1.165) is 6.54 Å². The van der Waals surface area contributed by atoms with E-state index < -0.39 is 6.04 Å². The molecule has 1 N–H and O–H groups in total. The number of aromatic nitrogens is 2. The van der Waals surface area contributed by atoms with Gasteiger partial charge in [0.2, 0.25) is 11.8 Å². The van der Waals surface area contributed by atoms with Gasteiger partial charge >= 0.3 is 0 Å². The minimum absolute atomic E-state index is 0.0669. The fraction of sp³-hybridized carbons (Fsp3) is 0.545. The van der Waals surface area contributed by atoms with Gasteiger partial charge in [-0.05, 0) is 13.3 Å². The maximum Gasteiger partial charge on any atom is 0.250 e. The first-order valence-corrected chi connectivity index (χ1v) is 5.79. The third-order valence-corrected chi connectivity index (χ3v) is 2.86. The van der Waals surface area contributed by atoms with Crippen LogP contribution in [0.1, 0.15) is 20.3 Å². The molecule has 2 rings (SSSR count). The van der Waals surface area contributed by atoms with E-state index in [1.165, 1.54) is 4.90 Å². The Labute approximate surface area is 99.6 Å². The van der Waals surface area contributed by atoms with Crippen molar-refractivity contribution in [3.8, 4) is 0 Å². The number of nitrogens with one attached hydrogen (secondary N) is 1. The van der Waals surface area contributed by atoms with Gasteiger partial charge in [-0.25, -0.2) is 0 Å². The van der Waals surface area contributed by atoms with Crippen molar-refractivity contribution in [2.24, 2.45) is 0 Å². The second-order valence-electron chi connectivity index (χ2n) is 4.01. The Morgan fingerprint density at radius 2 is 2.24 bits per heavy atom. The van der Waals surface area contributed by atoms with Crippen molar-refractivity contribution < 1.29 is 9.59 Å². The summed E-state index contributed by atoms with van der Waals surface area (Å²) in [6.45, 7) is 4.66. The van der Waals surface area contributed by atoms with E-state index in [1.54, 1.807) is 17.1 Å². The molecule has 1 saturated heterocycles. The van der Waals surface area contributed by atoms with E-state index in [2.05, 4.69) is 10.4 Å². The monoisotopic (exact) mass is 236 g/mol. The molecule has 1 atom stereocenters. The van der Waals surface area contributed by atoms with E-state index in [0.29, 0.717) is 12.1 Å². The van der Waals surface area contributed by atoms with Gasteiger partial charge in [-0.1, -0.05) is 6.92 Å². The third kappa shape index (κ3) is 2.15. The van der Waals surface area contributed by atoms with Gasteiger partial charge in [-0.2, -0.15) is 5.10 Å². The van der Waals surface area contributed by atoms with Crippen LogP contribution in [-0.2, 0) is 16.1 Å². The molecule has 1 unspecified atom stereocenters. The van der Waals surface area contributed by atoms with Crippen molar-refractivity contribution in [2.75, 3.05) is 11.4 Å². The number of carbonyl (C=O) groups excluding carboxylic acids is 2. The number of hydrogen-bond donors (Lipinski definition) is 1. The fourth-order valence-corrected chi connectivity index (χ4v) is 1.87. The summed E-state index contributed by atoms with van der Waals surface area (Å²) in [5, 5.41) is 6.79. The Balaban J connectivity index is 2.24. The predicted molar refractivity (Wildman–Crippen MR) is 62.5 cm³/mol. The Kier molecular flexibility index (Phi) is 3.12. The third-order valence-electron chi connectivity index (χ3n) is 2.86. The molecule has 1 aliphatic rings. The zero-order chi connectivity index (χ0) is 12.4. The van der Waals surface area contributed by atoms with Crippen LogP contribution in [0.5, 0.6) is 0 Å². The Hall–Kier alpha value is -1.85. The number of nitrogens with zero attached hydrogens (tertiary/aromatic N) is 3. The van der Waals surface area contributed by atoms with Crippen LogP contribution in [0.15, 0.2) is 12.4 Å². The molecule has 92 valence electrons. The van der Waals surface area contributed by atoms with Gasteiger partial charge in [0.25, 0.3) is 0 Å². The largest absolute Gasteiger partial charge is 0.343 e. The van der Waals surface area contributed by atoms with E-state index in [1.807, 2.05) is 13.8 Å². The van der Waals surface area contributed by atoms with Gasteiger partial charge in [0.15, 0.2) is 0 Å². The van der Waals surface area contributed by atoms with Crippen molar-refractivity contribution in [2.45, 2.75) is 32.9 Å². The Morgan fingerprint density at radius 1 is 1.47 bits per heavy atom. The number of hydrogen-bond acceptors (Lipinski definition) is 3. The molecule has 1 fully saturated rings. The summed E-state index contributed by atoms with van der Waals surface area (Å²) in [5.41, 5.74) is 0.685. The lowest BCUT2D eigenvalue weighted by molar-refractivity contribution is -0.131. The highest BCUT2D eigenvalue weighted by Crippen LogP contribution is 2.17. The zero-order valence-corrected chi connectivity index (χ0v) is 10.0. The normalized spacial score (nSPS) is 20.6. The molecule has 0 aliphatic carbocycles. The smallest absolute Gasteiger partial charge is 0.250 e. The van der Waals surface area contributed by atoms with Gasteiger partial charge in [-0.3, -0.25) is 19.2 Å². The van der Waals surface area contributed by atoms with Crippen LogP contribution in [0.2, 0.25) is 0 Å². The predicted octanol–water partition coefficient (Wildman–Crippen LogP) is 0.144. The minimum atomic E-state index is -0.416. The Bertz CT molecular complexity index is 440. The minimum Gasteiger partial charge on any atom is -0.343 e. The second-order valence-corrected chi connectivity index (χ2v) is 4.01. The molecule has 0 spiro atoms. The van der Waals surface area contributed by atoms with Gasteiger partial charge in [0.1, 0.15) is 12.6 Å². The van der Waals surface area contributed by atoms with Gasteiger partial charge in [0, 0.05) is 12.7 Å². The highest BCUT2D eigenvalue weighted by Gasteiger charge is 2.32. The lowest BCUT2D eigenvalue weighted by Crippen LogP contribution is -2.57. The summed E-state index contributed by atoms with van der Waals surface area (Å²) in [4.78, 5) is 25.1. The molecule has 17 heavy (non-hydrogen) atoms. The molecule has 1 aromatic heterocycles. The number of amides is 2. The van der Waals surface area contributed by atoms with Gasteiger partial charge in [-0.15, -0.1) is 0 Å². The van der Waals surface area contributed by atoms with E-state index in [9.17, 15) is 9.59 Å². The maximum atomic E-state index is 12.1. The average Bonchev–Trinajstić information content (AvgIpc) is 2.80. The van der Waals surface area contributed by atoms with Crippen LogP contribution in [-0.4, -0.2) is 34.2 Å². The molecule has 0 bridgehead atoms. The highest BCUT2D eigenvalue weighted by atomic mass is 16.2. The first-order chi connectivity index (χ1) is 8.15. The molecular formula is C11H16N4O2. The lowest BCUT2D eigenvalue weighted by atomic mass is 10.1. The lowest BCUT2D eigenvalue weighted by Gasteiger charge is -2.30. The van der Waals surface area contributed by atoms with Crippen LogP contribution < -0.4 is 10.2 Å². The van der Waals surface area contributed by atoms with E-state index in [4.69, 9.17) is 0 Å². The van der Waals surface area contributed by atoms with Crippen molar-refractivity contribution in [1.29, 1.82) is 0 Å². The van der Waals surface area contributed by atoms with Crippen LogP contribution in [0, 0.1) is 0 Å². The highest BCUT2D eigenvalue weighted by molar-refractivity contribution is 6.06. The molecule has 2 amide bonds. The van der Waals surface area contributed by atoms with Crippen molar-refractivity contribution >= 4 is 17.5 Å². The zero-order valence-electron chi connectivity index (χ0n) is 10.0. The van der Waals surface area contributed by atoms with Crippen molar-refractivity contribution in [1.82, 2.24) is 15.1 Å². The average molecular weight is 236 g/mol. The molecule has 6 heteroatoms. The van der Waals surface area contributed by atoms with E-state index in [-0.39, 0.29) is 18.4 Å². The first kappa shape index (κ1) is 11.6. The molecule has 6 nitrogen and oxygen atoms in total. The number of anilines is 1. The maximum absolute atomic E-state index is 12.1. The molecule has 1 aromatic rings. The molecule has 0 saturated carbocycles. The van der Waals surface area contributed by atoms with Crippen molar-refractivity contribution in [3.05, 3.63) is 12.4 Å². The number of aryl methyl sites for hydroxylation is 1. The van der Waals surface area contributed by atoms with Crippen LogP contribution in [0.25, 0.3) is 0 Å². The van der Waals surface area contributed by atoms with Crippen LogP contribution in [0.4, 0.5) is 5.69 Å². The molecule has 0 aromatic carbocycles. The number of piperazine rings is 1. The van der Waals surface area contributed by atoms with E-state index >= 15 is 0 Å². The van der Waals surface area contributed by atoms with Crippen molar-refractivity contribution in [3.63, 3.8) is 0 Å². The van der Waals surface area contributed by atoms with Gasteiger partial charge < -0.3 is 5.32 Å². The summed E-state index contributed by atoms with van der Waals surface area (Å²) in [6, 6.07) is -0.416. The summed E-state index contributed by atoms with van der Waals surface area (Å²) in [7, 11) is 0. The topological polar surface area (TPSA) is 67.2 Å². The number of rotatable bonds is 3. The molecule has 0 radical (unpaired) electrons. The summed E-state index contributed by atoms with van der Waals surface area (Å²) >= 11 is 0. The second kappa shape index (κ2) is 4.57. The van der Waals surface area contributed by atoms with Crippen LogP contribution in [0.3, 0.4) is 0 Å². The van der Waals surface area contributed by atoms with Gasteiger partial charge in [0.05, 0.1) is 11.9 Å². The summed E-state index contributed by atoms with van der Waals surface area (Å²) in [6.07, 6.45) is 4.00. The quantitative estimate of drug-likeness (QED) is 0.812. The summed E-state index contributed by atoms with van der Waals surface area (Å²) in [5.74, 6) is -0.191. The molecule has 1 aliphatic heterocycles.